The number of nitrogens with zero attached hydrogens (tertiary/aromatic N) is 1. The molecule has 0 amide bonds. The van der Waals surface area contributed by atoms with Crippen LogP contribution in [0.1, 0.15) is 32.4 Å². The molecule has 0 saturated heterocycles. The van der Waals surface area contributed by atoms with E-state index in [1.54, 1.807) is 0 Å². The Morgan fingerprint density at radius 3 is 2.92 bits per heavy atom. The number of hydrogen-bond donors (Lipinski definition) is 0. The lowest BCUT2D eigenvalue weighted by molar-refractivity contribution is 0.634. The summed E-state index contributed by atoms with van der Waals surface area (Å²) in [6.45, 7) is 5.38. The summed E-state index contributed by atoms with van der Waals surface area (Å²) in [7, 11) is 0. The molecule has 0 aliphatic heterocycles. The zero-order chi connectivity index (χ0) is 9.68. The Morgan fingerprint density at radius 1 is 1.54 bits per heavy atom. The summed E-state index contributed by atoms with van der Waals surface area (Å²) >= 11 is 5.91. The van der Waals surface area contributed by atoms with E-state index >= 15 is 0 Å². The number of aryl methyl sites for hydroxylation is 2. The highest BCUT2D eigenvalue weighted by molar-refractivity contribution is 6.20. The fourth-order valence-corrected chi connectivity index (χ4v) is 1.59. The monoisotopic (exact) mass is 199 g/mol. The van der Waals surface area contributed by atoms with Crippen LogP contribution in [0.25, 0.3) is 0 Å². The Morgan fingerprint density at radius 2 is 2.31 bits per heavy atom. The van der Waals surface area contributed by atoms with E-state index in [0.29, 0.717) is 0 Å². The van der Waals surface area contributed by atoms with Crippen LogP contribution in [0.2, 0.25) is 0 Å². The van der Waals surface area contributed by atoms with Crippen molar-refractivity contribution in [3.05, 3.63) is 24.0 Å². The van der Waals surface area contributed by atoms with Gasteiger partial charge in [-0.1, -0.05) is 6.92 Å². The molecule has 2 heteroatoms. The second-order valence-corrected chi connectivity index (χ2v) is 4.26. The second kappa shape index (κ2) is 5.33. The largest absolute Gasteiger partial charge is 0.351 e. The molecule has 0 spiro atoms. The normalized spacial score (nSPS) is 13.2. The van der Waals surface area contributed by atoms with Gasteiger partial charge in [0.1, 0.15) is 0 Å². The summed E-state index contributed by atoms with van der Waals surface area (Å²) in [6, 6.07) is 4.30. The molecule has 0 radical (unpaired) electrons. The van der Waals surface area contributed by atoms with Gasteiger partial charge in [0.15, 0.2) is 0 Å². The lowest BCUT2D eigenvalue weighted by atomic mass is 10.2. The van der Waals surface area contributed by atoms with Gasteiger partial charge in [-0.05, 0) is 38.3 Å². The zero-order valence-corrected chi connectivity index (χ0v) is 9.22. The minimum atomic E-state index is 0.282. The summed E-state index contributed by atoms with van der Waals surface area (Å²) in [5, 5.41) is 0.282. The highest BCUT2D eigenvalue weighted by atomic mass is 35.5. The van der Waals surface area contributed by atoms with Crippen molar-refractivity contribution >= 4 is 11.6 Å². The molecule has 1 nitrogen and oxygen atoms in total. The average Bonchev–Trinajstić information content (AvgIpc) is 2.49. The molecule has 1 rings (SSSR count). The fraction of sp³-hybridized carbons (Fsp3) is 0.636. The van der Waals surface area contributed by atoms with Crippen molar-refractivity contribution in [1.29, 1.82) is 0 Å². The van der Waals surface area contributed by atoms with Crippen LogP contribution in [0.3, 0.4) is 0 Å². The molecular formula is C11H18ClN. The Balaban J connectivity index is 2.49. The standard InChI is InChI=1S/C11H18ClN/c1-3-8-13-9-4-5-11(13)7-6-10(2)12/h4-5,9-10H,3,6-8H2,1-2H3. The third-order valence-corrected chi connectivity index (χ3v) is 2.40. The van der Waals surface area contributed by atoms with E-state index in [4.69, 9.17) is 11.6 Å². The van der Waals surface area contributed by atoms with Crippen molar-refractivity contribution < 1.29 is 0 Å². The van der Waals surface area contributed by atoms with Gasteiger partial charge in [-0.15, -0.1) is 11.6 Å². The van der Waals surface area contributed by atoms with Gasteiger partial charge in [-0.3, -0.25) is 0 Å². The Bertz CT molecular complexity index is 240. The molecule has 74 valence electrons. The van der Waals surface area contributed by atoms with Crippen LogP contribution in [0.4, 0.5) is 0 Å². The van der Waals surface area contributed by atoms with E-state index in [1.807, 2.05) is 0 Å². The highest BCUT2D eigenvalue weighted by Crippen LogP contribution is 2.10. The van der Waals surface area contributed by atoms with E-state index in [1.165, 1.54) is 12.1 Å². The maximum Gasteiger partial charge on any atom is 0.0311 e. The van der Waals surface area contributed by atoms with Gasteiger partial charge in [0.25, 0.3) is 0 Å². The van der Waals surface area contributed by atoms with Crippen molar-refractivity contribution in [2.24, 2.45) is 0 Å². The minimum Gasteiger partial charge on any atom is -0.351 e. The van der Waals surface area contributed by atoms with Crippen molar-refractivity contribution in [3.8, 4) is 0 Å². The van der Waals surface area contributed by atoms with Gasteiger partial charge in [0, 0.05) is 23.8 Å². The summed E-state index contributed by atoms with van der Waals surface area (Å²) in [5.74, 6) is 0. The van der Waals surface area contributed by atoms with Crippen molar-refractivity contribution in [1.82, 2.24) is 4.57 Å². The first-order valence-electron chi connectivity index (χ1n) is 5.02. The van der Waals surface area contributed by atoms with Crippen LogP contribution in [-0.2, 0) is 13.0 Å². The average molecular weight is 200 g/mol. The molecule has 0 N–H and O–H groups in total. The molecule has 1 aromatic rings. The van der Waals surface area contributed by atoms with Crippen LogP contribution < -0.4 is 0 Å². The summed E-state index contributed by atoms with van der Waals surface area (Å²) in [4.78, 5) is 0. The van der Waals surface area contributed by atoms with E-state index in [-0.39, 0.29) is 5.38 Å². The van der Waals surface area contributed by atoms with Crippen molar-refractivity contribution in [2.75, 3.05) is 0 Å². The summed E-state index contributed by atoms with van der Waals surface area (Å²) in [6.07, 6.45) is 5.50. The first kappa shape index (κ1) is 10.6. The number of aromatic nitrogens is 1. The topological polar surface area (TPSA) is 4.93 Å². The van der Waals surface area contributed by atoms with Crippen LogP contribution in [0.5, 0.6) is 0 Å². The van der Waals surface area contributed by atoms with Gasteiger partial charge in [-0.25, -0.2) is 0 Å². The fourth-order valence-electron chi connectivity index (χ4n) is 1.48. The zero-order valence-electron chi connectivity index (χ0n) is 8.46. The molecule has 0 fully saturated rings. The minimum absolute atomic E-state index is 0.282. The van der Waals surface area contributed by atoms with Gasteiger partial charge < -0.3 is 4.57 Å². The van der Waals surface area contributed by atoms with Gasteiger partial charge in [0.05, 0.1) is 0 Å². The smallest absolute Gasteiger partial charge is 0.0311 e. The lowest BCUT2D eigenvalue weighted by Gasteiger charge is -2.08. The molecule has 1 heterocycles. The van der Waals surface area contributed by atoms with E-state index in [9.17, 15) is 0 Å². The first-order chi connectivity index (χ1) is 6.24. The molecule has 13 heavy (non-hydrogen) atoms. The van der Waals surface area contributed by atoms with Crippen LogP contribution in [-0.4, -0.2) is 9.94 Å². The predicted octanol–water partition coefficient (Wildman–Crippen LogP) is 3.46. The van der Waals surface area contributed by atoms with Gasteiger partial charge >= 0.3 is 0 Å². The molecule has 0 bridgehead atoms. The number of rotatable bonds is 5. The van der Waals surface area contributed by atoms with E-state index in [0.717, 1.165) is 19.4 Å². The highest BCUT2D eigenvalue weighted by Gasteiger charge is 2.02. The number of alkyl halides is 1. The molecule has 1 aromatic heterocycles. The Hall–Kier alpha value is -0.430. The SMILES string of the molecule is CCCn1cccc1CCC(C)Cl. The molecule has 0 aromatic carbocycles. The second-order valence-electron chi connectivity index (χ2n) is 3.51. The van der Waals surface area contributed by atoms with Crippen LogP contribution in [0.15, 0.2) is 18.3 Å². The van der Waals surface area contributed by atoms with Gasteiger partial charge in [0.2, 0.25) is 0 Å². The summed E-state index contributed by atoms with van der Waals surface area (Å²) < 4.78 is 2.32. The van der Waals surface area contributed by atoms with Crippen molar-refractivity contribution in [2.45, 2.75) is 45.0 Å². The maximum atomic E-state index is 5.91. The van der Waals surface area contributed by atoms with E-state index < -0.39 is 0 Å². The third kappa shape index (κ3) is 3.43. The molecule has 0 aliphatic carbocycles. The lowest BCUT2D eigenvalue weighted by Crippen LogP contribution is -2.03. The number of hydrogen-bond acceptors (Lipinski definition) is 0. The predicted molar refractivity (Wildman–Crippen MR) is 58.4 cm³/mol. The number of halogens is 1. The van der Waals surface area contributed by atoms with Gasteiger partial charge in [-0.2, -0.15) is 0 Å². The molecule has 0 saturated carbocycles. The Labute approximate surface area is 85.7 Å². The molecule has 1 unspecified atom stereocenters. The van der Waals surface area contributed by atoms with E-state index in [2.05, 4.69) is 36.7 Å². The first-order valence-corrected chi connectivity index (χ1v) is 5.45. The quantitative estimate of drug-likeness (QED) is 0.641. The summed E-state index contributed by atoms with van der Waals surface area (Å²) in [5.41, 5.74) is 1.41. The maximum absolute atomic E-state index is 5.91. The molecule has 1 atom stereocenters. The Kier molecular flexibility index (Phi) is 4.37. The van der Waals surface area contributed by atoms with Crippen molar-refractivity contribution in [3.63, 3.8) is 0 Å². The van der Waals surface area contributed by atoms with Crippen LogP contribution >= 0.6 is 11.6 Å². The molecular weight excluding hydrogens is 182 g/mol. The molecule has 0 aliphatic rings. The third-order valence-electron chi connectivity index (χ3n) is 2.19. The van der Waals surface area contributed by atoms with Crippen LogP contribution in [0, 0.1) is 0 Å².